The van der Waals surface area contributed by atoms with E-state index in [-0.39, 0.29) is 6.03 Å². The first kappa shape index (κ1) is 10.0. The molecule has 5 heteroatoms. The number of nitrogens with zero attached hydrogens (tertiary/aromatic N) is 1. The van der Waals surface area contributed by atoms with Crippen molar-refractivity contribution in [3.8, 4) is 0 Å². The lowest BCUT2D eigenvalue weighted by molar-refractivity contribution is 0.228. The van der Waals surface area contributed by atoms with Crippen LogP contribution in [0.3, 0.4) is 0 Å². The van der Waals surface area contributed by atoms with E-state index in [4.69, 9.17) is 0 Å². The molecule has 2 amide bonds. The maximum absolute atomic E-state index is 11.4. The van der Waals surface area contributed by atoms with Gasteiger partial charge in [0.2, 0.25) is 0 Å². The van der Waals surface area contributed by atoms with E-state index in [0.29, 0.717) is 12.6 Å². The van der Waals surface area contributed by atoms with Crippen molar-refractivity contribution in [1.29, 1.82) is 0 Å². The Morgan fingerprint density at radius 1 is 1.67 bits per heavy atom. The van der Waals surface area contributed by atoms with Gasteiger partial charge in [0.1, 0.15) is 0 Å². The number of carbonyl (C=O) groups is 1. The summed E-state index contributed by atoms with van der Waals surface area (Å²) in [6, 6.07) is 0.302. The van der Waals surface area contributed by atoms with E-state index < -0.39 is 0 Å². The largest absolute Gasteiger partial charge is 0.335 e. The molecular formula is C10H16N4O. The molecule has 82 valence electrons. The molecule has 0 bridgehead atoms. The minimum Gasteiger partial charge on any atom is -0.335 e. The van der Waals surface area contributed by atoms with Crippen LogP contribution < -0.4 is 10.6 Å². The van der Waals surface area contributed by atoms with Gasteiger partial charge < -0.3 is 10.6 Å². The molecule has 1 aromatic heterocycles. The summed E-state index contributed by atoms with van der Waals surface area (Å²) >= 11 is 0. The zero-order valence-electron chi connectivity index (χ0n) is 8.84. The molecule has 1 saturated carbocycles. The Balaban J connectivity index is 1.73. The van der Waals surface area contributed by atoms with Crippen LogP contribution in [0, 0.1) is 6.92 Å². The Kier molecular flexibility index (Phi) is 2.89. The summed E-state index contributed by atoms with van der Waals surface area (Å²) in [4.78, 5) is 11.4. The molecule has 1 heterocycles. The molecule has 0 aliphatic heterocycles. The lowest BCUT2D eigenvalue weighted by Gasteiger charge is -2.26. The van der Waals surface area contributed by atoms with Crippen molar-refractivity contribution in [3.63, 3.8) is 0 Å². The molecule has 1 aromatic rings. The average molecular weight is 208 g/mol. The maximum atomic E-state index is 11.4. The van der Waals surface area contributed by atoms with Crippen LogP contribution >= 0.6 is 0 Å². The highest BCUT2D eigenvalue weighted by Gasteiger charge is 2.18. The molecule has 0 spiro atoms. The van der Waals surface area contributed by atoms with E-state index >= 15 is 0 Å². The van der Waals surface area contributed by atoms with E-state index in [9.17, 15) is 4.79 Å². The number of amides is 2. The van der Waals surface area contributed by atoms with E-state index in [1.165, 1.54) is 6.42 Å². The number of urea groups is 1. The zero-order valence-corrected chi connectivity index (χ0v) is 8.84. The van der Waals surface area contributed by atoms with Crippen molar-refractivity contribution in [2.75, 3.05) is 0 Å². The second-order valence-electron chi connectivity index (χ2n) is 3.98. The van der Waals surface area contributed by atoms with Gasteiger partial charge in [-0.2, -0.15) is 5.10 Å². The Morgan fingerprint density at radius 3 is 3.00 bits per heavy atom. The highest BCUT2D eigenvalue weighted by Crippen LogP contribution is 2.17. The van der Waals surface area contributed by atoms with Crippen molar-refractivity contribution < 1.29 is 4.79 Å². The van der Waals surface area contributed by atoms with Crippen molar-refractivity contribution in [2.45, 2.75) is 38.8 Å². The molecule has 0 unspecified atom stereocenters. The molecule has 0 saturated heterocycles. The number of nitrogens with one attached hydrogen (secondary N) is 3. The van der Waals surface area contributed by atoms with Gasteiger partial charge in [0.25, 0.3) is 0 Å². The third kappa shape index (κ3) is 2.49. The number of H-pyrrole nitrogens is 1. The summed E-state index contributed by atoms with van der Waals surface area (Å²) < 4.78 is 0. The van der Waals surface area contributed by atoms with Gasteiger partial charge >= 0.3 is 6.03 Å². The number of carbonyl (C=O) groups excluding carboxylic acids is 1. The van der Waals surface area contributed by atoms with Crippen LogP contribution in [0.1, 0.15) is 30.5 Å². The number of aryl methyl sites for hydroxylation is 1. The SMILES string of the molecule is Cc1[nH]ncc1CNC(=O)NC1CCC1. The maximum Gasteiger partial charge on any atom is 0.315 e. The quantitative estimate of drug-likeness (QED) is 0.695. The van der Waals surface area contributed by atoms with Crippen molar-refractivity contribution in [2.24, 2.45) is 0 Å². The molecular weight excluding hydrogens is 192 g/mol. The van der Waals surface area contributed by atoms with Gasteiger partial charge in [0.05, 0.1) is 6.20 Å². The van der Waals surface area contributed by atoms with Crippen LogP contribution in [0.4, 0.5) is 4.79 Å². The fourth-order valence-electron chi connectivity index (χ4n) is 1.52. The minimum atomic E-state index is -0.0831. The summed E-state index contributed by atoms with van der Waals surface area (Å²) in [7, 11) is 0. The lowest BCUT2D eigenvalue weighted by atomic mass is 9.93. The smallest absolute Gasteiger partial charge is 0.315 e. The molecule has 3 N–H and O–H groups in total. The van der Waals surface area contributed by atoms with Gasteiger partial charge in [-0.1, -0.05) is 0 Å². The van der Waals surface area contributed by atoms with E-state index in [1.54, 1.807) is 6.20 Å². The predicted octanol–water partition coefficient (Wildman–Crippen LogP) is 1.07. The Hall–Kier alpha value is -1.52. The minimum absolute atomic E-state index is 0.0831. The first-order valence-electron chi connectivity index (χ1n) is 5.29. The number of rotatable bonds is 3. The Bertz CT molecular complexity index is 343. The zero-order chi connectivity index (χ0) is 10.7. The summed E-state index contributed by atoms with van der Waals surface area (Å²) in [6.45, 7) is 2.47. The monoisotopic (exact) mass is 208 g/mol. The standard InChI is InChI=1S/C10H16N4O/c1-7-8(6-12-14-7)5-11-10(15)13-9-3-2-4-9/h6,9H,2-5H2,1H3,(H,12,14)(H2,11,13,15). The van der Waals surface area contributed by atoms with Crippen LogP contribution in [0.15, 0.2) is 6.20 Å². The second kappa shape index (κ2) is 4.33. The van der Waals surface area contributed by atoms with Crippen LogP contribution in [0.2, 0.25) is 0 Å². The molecule has 0 aromatic carbocycles. The van der Waals surface area contributed by atoms with E-state index in [1.807, 2.05) is 6.92 Å². The van der Waals surface area contributed by atoms with E-state index in [0.717, 1.165) is 24.1 Å². The second-order valence-corrected chi connectivity index (χ2v) is 3.98. The third-order valence-electron chi connectivity index (χ3n) is 2.81. The van der Waals surface area contributed by atoms with E-state index in [2.05, 4.69) is 20.8 Å². The first-order chi connectivity index (χ1) is 7.25. The highest BCUT2D eigenvalue weighted by atomic mass is 16.2. The predicted molar refractivity (Wildman–Crippen MR) is 56.3 cm³/mol. The molecule has 1 aliphatic carbocycles. The molecule has 15 heavy (non-hydrogen) atoms. The third-order valence-corrected chi connectivity index (χ3v) is 2.81. The molecule has 1 aliphatic rings. The highest BCUT2D eigenvalue weighted by molar-refractivity contribution is 5.74. The van der Waals surface area contributed by atoms with Crippen LogP contribution in [-0.4, -0.2) is 22.3 Å². The molecule has 5 nitrogen and oxygen atoms in total. The first-order valence-corrected chi connectivity index (χ1v) is 5.29. The Labute approximate surface area is 88.6 Å². The lowest BCUT2D eigenvalue weighted by Crippen LogP contribution is -2.44. The van der Waals surface area contributed by atoms with Crippen LogP contribution in [0.25, 0.3) is 0 Å². The van der Waals surface area contributed by atoms with Gasteiger partial charge in [-0.15, -0.1) is 0 Å². The summed E-state index contributed by atoms with van der Waals surface area (Å²) in [6.07, 6.45) is 5.18. The fraction of sp³-hybridized carbons (Fsp3) is 0.600. The van der Waals surface area contributed by atoms with Crippen molar-refractivity contribution in [3.05, 3.63) is 17.5 Å². The topological polar surface area (TPSA) is 69.8 Å². The molecule has 2 rings (SSSR count). The average Bonchev–Trinajstić information content (AvgIpc) is 2.55. The van der Waals surface area contributed by atoms with Crippen LogP contribution in [-0.2, 0) is 6.54 Å². The number of aromatic nitrogens is 2. The summed E-state index contributed by atoms with van der Waals surface area (Å²) in [5.41, 5.74) is 2.03. The van der Waals surface area contributed by atoms with Gasteiger partial charge in [0, 0.05) is 23.8 Å². The number of hydrogen-bond acceptors (Lipinski definition) is 2. The normalized spacial score (nSPS) is 15.8. The van der Waals surface area contributed by atoms with Crippen LogP contribution in [0.5, 0.6) is 0 Å². The number of aromatic amines is 1. The molecule has 0 atom stereocenters. The Morgan fingerprint density at radius 2 is 2.47 bits per heavy atom. The number of hydrogen-bond donors (Lipinski definition) is 3. The van der Waals surface area contributed by atoms with Crippen molar-refractivity contribution >= 4 is 6.03 Å². The van der Waals surface area contributed by atoms with Gasteiger partial charge in [-0.25, -0.2) is 4.79 Å². The molecule has 0 radical (unpaired) electrons. The summed E-state index contributed by atoms with van der Waals surface area (Å²) in [5.74, 6) is 0. The van der Waals surface area contributed by atoms with Gasteiger partial charge in [-0.3, -0.25) is 5.10 Å². The van der Waals surface area contributed by atoms with Gasteiger partial charge in [-0.05, 0) is 26.2 Å². The van der Waals surface area contributed by atoms with Crippen molar-refractivity contribution in [1.82, 2.24) is 20.8 Å². The molecule has 1 fully saturated rings. The summed E-state index contributed by atoms with van der Waals surface area (Å²) in [5, 5.41) is 12.5. The fourth-order valence-corrected chi connectivity index (χ4v) is 1.52. The van der Waals surface area contributed by atoms with Gasteiger partial charge in [0.15, 0.2) is 0 Å².